The number of ether oxygens (including phenoxy) is 2. The first-order chi connectivity index (χ1) is 10.3. The van der Waals surface area contributed by atoms with Gasteiger partial charge in [-0.2, -0.15) is 0 Å². The molecule has 2 aromatic carbocycles. The Hall–Kier alpha value is -1.87. The van der Waals surface area contributed by atoms with Gasteiger partial charge >= 0.3 is 0 Å². The lowest BCUT2D eigenvalue weighted by Gasteiger charge is -2.09. The Balaban J connectivity index is 1.69. The third-order valence-corrected chi connectivity index (χ3v) is 3.09. The number of rotatable bonds is 8. The van der Waals surface area contributed by atoms with E-state index >= 15 is 0 Å². The van der Waals surface area contributed by atoms with E-state index in [4.69, 9.17) is 21.1 Å². The summed E-state index contributed by atoms with van der Waals surface area (Å²) < 4.78 is 11.2. The van der Waals surface area contributed by atoms with Crippen LogP contribution < -0.4 is 14.8 Å². The molecule has 112 valence electrons. The van der Waals surface area contributed by atoms with Gasteiger partial charge in [-0.25, -0.2) is 0 Å². The fourth-order valence-corrected chi connectivity index (χ4v) is 1.91. The van der Waals surface area contributed by atoms with Crippen molar-refractivity contribution in [3.05, 3.63) is 53.6 Å². The first-order valence-electron chi connectivity index (χ1n) is 7.13. The molecule has 4 heteroatoms. The average molecular weight is 306 g/mol. The van der Waals surface area contributed by atoms with Crippen LogP contribution in [0.15, 0.2) is 48.5 Å². The van der Waals surface area contributed by atoms with Gasteiger partial charge in [0.2, 0.25) is 0 Å². The lowest BCUT2D eigenvalue weighted by molar-refractivity contribution is 0.313. The highest BCUT2D eigenvalue weighted by Crippen LogP contribution is 2.18. The molecule has 0 aromatic heterocycles. The SMILES string of the molecule is CCCOc1ccc(OCCNc2ccc(Cl)cc2)cc1. The van der Waals surface area contributed by atoms with Gasteiger partial charge in [0.25, 0.3) is 0 Å². The summed E-state index contributed by atoms with van der Waals surface area (Å²) in [5.41, 5.74) is 1.03. The zero-order valence-electron chi connectivity index (χ0n) is 12.1. The van der Waals surface area contributed by atoms with E-state index in [-0.39, 0.29) is 0 Å². The zero-order chi connectivity index (χ0) is 14.9. The van der Waals surface area contributed by atoms with Gasteiger partial charge in [-0.3, -0.25) is 0 Å². The summed E-state index contributed by atoms with van der Waals surface area (Å²) >= 11 is 5.83. The minimum Gasteiger partial charge on any atom is -0.494 e. The van der Waals surface area contributed by atoms with Crippen molar-refractivity contribution >= 4 is 17.3 Å². The summed E-state index contributed by atoms with van der Waals surface area (Å²) in [6.45, 7) is 4.16. The first kappa shape index (κ1) is 15.5. The maximum atomic E-state index is 5.83. The van der Waals surface area contributed by atoms with E-state index in [2.05, 4.69) is 12.2 Å². The minimum absolute atomic E-state index is 0.595. The van der Waals surface area contributed by atoms with Crippen LogP contribution in [-0.2, 0) is 0 Å². The molecule has 0 bridgehead atoms. The Kier molecular flexibility index (Phi) is 6.22. The highest BCUT2D eigenvalue weighted by atomic mass is 35.5. The van der Waals surface area contributed by atoms with E-state index < -0.39 is 0 Å². The average Bonchev–Trinajstić information content (AvgIpc) is 2.52. The smallest absolute Gasteiger partial charge is 0.119 e. The standard InChI is InChI=1S/C17H20ClNO2/c1-2-12-20-16-7-9-17(10-8-16)21-13-11-19-15-5-3-14(18)4-6-15/h3-10,19H,2,11-13H2,1H3. The monoisotopic (exact) mass is 305 g/mol. The van der Waals surface area contributed by atoms with E-state index in [1.54, 1.807) is 0 Å². The molecule has 0 amide bonds. The molecular weight excluding hydrogens is 286 g/mol. The van der Waals surface area contributed by atoms with Crippen molar-refractivity contribution in [1.29, 1.82) is 0 Å². The molecule has 0 radical (unpaired) electrons. The van der Waals surface area contributed by atoms with Gasteiger partial charge in [-0.05, 0) is 55.0 Å². The zero-order valence-corrected chi connectivity index (χ0v) is 12.9. The molecule has 0 saturated carbocycles. The lowest BCUT2D eigenvalue weighted by Crippen LogP contribution is -2.11. The highest BCUT2D eigenvalue weighted by molar-refractivity contribution is 6.30. The fourth-order valence-electron chi connectivity index (χ4n) is 1.78. The van der Waals surface area contributed by atoms with Gasteiger partial charge in [0.1, 0.15) is 18.1 Å². The Bertz CT molecular complexity index is 525. The second-order valence-electron chi connectivity index (χ2n) is 4.60. The van der Waals surface area contributed by atoms with E-state index in [9.17, 15) is 0 Å². The summed E-state index contributed by atoms with van der Waals surface area (Å²) in [6.07, 6.45) is 1.01. The van der Waals surface area contributed by atoms with Crippen LogP contribution in [-0.4, -0.2) is 19.8 Å². The summed E-state index contributed by atoms with van der Waals surface area (Å²) in [7, 11) is 0. The molecule has 0 saturated heterocycles. The topological polar surface area (TPSA) is 30.5 Å². The number of hydrogen-bond acceptors (Lipinski definition) is 3. The normalized spacial score (nSPS) is 10.2. The molecule has 1 N–H and O–H groups in total. The second-order valence-corrected chi connectivity index (χ2v) is 5.04. The van der Waals surface area contributed by atoms with Gasteiger partial charge in [0, 0.05) is 17.3 Å². The molecule has 2 aromatic rings. The molecule has 0 spiro atoms. The Morgan fingerprint density at radius 3 is 2.00 bits per heavy atom. The van der Waals surface area contributed by atoms with E-state index in [1.807, 2.05) is 48.5 Å². The molecule has 0 aliphatic rings. The van der Waals surface area contributed by atoms with Crippen molar-refractivity contribution in [3.63, 3.8) is 0 Å². The Labute approximate surface area is 130 Å². The molecule has 3 nitrogen and oxygen atoms in total. The predicted octanol–water partition coefficient (Wildman–Crippen LogP) is 4.62. The van der Waals surface area contributed by atoms with Gasteiger partial charge < -0.3 is 14.8 Å². The van der Waals surface area contributed by atoms with Gasteiger partial charge in [-0.15, -0.1) is 0 Å². The van der Waals surface area contributed by atoms with Crippen molar-refractivity contribution in [1.82, 2.24) is 0 Å². The molecule has 0 aliphatic carbocycles. The third kappa shape index (κ3) is 5.56. The van der Waals surface area contributed by atoms with E-state index in [1.165, 1.54) is 0 Å². The van der Waals surface area contributed by atoms with Crippen LogP contribution in [0.2, 0.25) is 5.02 Å². The maximum absolute atomic E-state index is 5.83. The second kappa shape index (κ2) is 8.42. The molecule has 21 heavy (non-hydrogen) atoms. The highest BCUT2D eigenvalue weighted by Gasteiger charge is 1.97. The first-order valence-corrected chi connectivity index (χ1v) is 7.51. The van der Waals surface area contributed by atoms with Crippen LogP contribution in [0, 0.1) is 0 Å². The van der Waals surface area contributed by atoms with Crippen LogP contribution in [0.1, 0.15) is 13.3 Å². The largest absolute Gasteiger partial charge is 0.494 e. The van der Waals surface area contributed by atoms with E-state index in [0.29, 0.717) is 6.61 Å². The molecule has 0 unspecified atom stereocenters. The minimum atomic E-state index is 0.595. The quantitative estimate of drug-likeness (QED) is 0.722. The summed E-state index contributed by atoms with van der Waals surface area (Å²) in [6, 6.07) is 15.3. The summed E-state index contributed by atoms with van der Waals surface area (Å²) in [5.74, 6) is 1.72. The lowest BCUT2D eigenvalue weighted by atomic mass is 10.3. The van der Waals surface area contributed by atoms with Gasteiger partial charge in [0.05, 0.1) is 6.61 Å². The Morgan fingerprint density at radius 2 is 1.43 bits per heavy atom. The molecule has 0 aliphatic heterocycles. The van der Waals surface area contributed by atoms with Gasteiger partial charge in [0.15, 0.2) is 0 Å². The summed E-state index contributed by atoms with van der Waals surface area (Å²) in [4.78, 5) is 0. The van der Waals surface area contributed by atoms with Crippen molar-refractivity contribution in [2.24, 2.45) is 0 Å². The van der Waals surface area contributed by atoms with Crippen molar-refractivity contribution in [2.75, 3.05) is 25.1 Å². The fraction of sp³-hybridized carbons (Fsp3) is 0.294. The maximum Gasteiger partial charge on any atom is 0.119 e. The molecule has 0 atom stereocenters. The van der Waals surface area contributed by atoms with Crippen LogP contribution in [0.4, 0.5) is 5.69 Å². The summed E-state index contributed by atoms with van der Waals surface area (Å²) in [5, 5.41) is 4.01. The number of nitrogens with one attached hydrogen (secondary N) is 1. The van der Waals surface area contributed by atoms with Crippen LogP contribution in [0.3, 0.4) is 0 Å². The van der Waals surface area contributed by atoms with E-state index in [0.717, 1.165) is 41.8 Å². The number of anilines is 1. The van der Waals surface area contributed by atoms with Crippen molar-refractivity contribution in [2.45, 2.75) is 13.3 Å². The Morgan fingerprint density at radius 1 is 0.857 bits per heavy atom. The number of halogens is 1. The molecular formula is C17H20ClNO2. The number of hydrogen-bond donors (Lipinski definition) is 1. The van der Waals surface area contributed by atoms with Gasteiger partial charge in [-0.1, -0.05) is 18.5 Å². The van der Waals surface area contributed by atoms with Crippen LogP contribution in [0.25, 0.3) is 0 Å². The molecule has 0 heterocycles. The molecule has 0 fully saturated rings. The van der Waals surface area contributed by atoms with Crippen molar-refractivity contribution in [3.8, 4) is 11.5 Å². The predicted molar refractivity (Wildman–Crippen MR) is 87.7 cm³/mol. The van der Waals surface area contributed by atoms with Crippen LogP contribution >= 0.6 is 11.6 Å². The van der Waals surface area contributed by atoms with Crippen LogP contribution in [0.5, 0.6) is 11.5 Å². The number of benzene rings is 2. The van der Waals surface area contributed by atoms with Crippen molar-refractivity contribution < 1.29 is 9.47 Å². The molecule has 2 rings (SSSR count). The third-order valence-electron chi connectivity index (χ3n) is 2.84.